The Bertz CT molecular complexity index is 407. The molecule has 17 heavy (non-hydrogen) atoms. The van der Waals surface area contributed by atoms with Gasteiger partial charge < -0.3 is 9.47 Å². The third-order valence-electron chi connectivity index (χ3n) is 2.13. The number of carbonyl (C=O) groups excluding carboxylic acids is 1. The Balaban J connectivity index is 2.85. The molecule has 1 aromatic rings. The maximum Gasteiger partial charge on any atom is 0.166 e. The van der Waals surface area contributed by atoms with Crippen LogP contribution in [0.15, 0.2) is 16.6 Å². The number of methoxy groups -OCH3 is 1. The number of benzene rings is 1. The molecule has 0 saturated carbocycles. The average molecular weight is 305 g/mol. The van der Waals surface area contributed by atoms with Crippen LogP contribution in [0.1, 0.15) is 23.7 Å². The fraction of sp³-hybridized carbons (Fsp3) is 0.417. The number of carbonyl (C=O) groups is 1. The topological polar surface area (TPSA) is 35.5 Å². The van der Waals surface area contributed by atoms with Gasteiger partial charge in [0.25, 0.3) is 0 Å². The maximum absolute atomic E-state index is 13.6. The zero-order valence-corrected chi connectivity index (χ0v) is 11.3. The lowest BCUT2D eigenvalue weighted by Crippen LogP contribution is -2.07. The van der Waals surface area contributed by atoms with Crippen molar-refractivity contribution in [1.82, 2.24) is 0 Å². The fourth-order valence-electron chi connectivity index (χ4n) is 1.35. The summed E-state index contributed by atoms with van der Waals surface area (Å²) in [7, 11) is 1.58. The molecule has 5 heteroatoms. The number of hydrogen-bond acceptors (Lipinski definition) is 3. The molecule has 1 aromatic carbocycles. The lowest BCUT2D eigenvalue weighted by Gasteiger charge is -2.11. The van der Waals surface area contributed by atoms with E-state index in [2.05, 4.69) is 15.9 Å². The van der Waals surface area contributed by atoms with Gasteiger partial charge in [0.15, 0.2) is 17.3 Å². The van der Waals surface area contributed by atoms with Crippen LogP contribution >= 0.6 is 15.9 Å². The summed E-state index contributed by atoms with van der Waals surface area (Å²) in [5.74, 6) is -0.759. The second-order valence-corrected chi connectivity index (χ2v) is 4.43. The summed E-state index contributed by atoms with van der Waals surface area (Å²) in [4.78, 5) is 11.4. The summed E-state index contributed by atoms with van der Waals surface area (Å²) in [5, 5.41) is 0. The smallest absolute Gasteiger partial charge is 0.166 e. The van der Waals surface area contributed by atoms with Crippen molar-refractivity contribution >= 4 is 21.7 Å². The van der Waals surface area contributed by atoms with Crippen LogP contribution < -0.4 is 4.74 Å². The molecule has 0 spiro atoms. The van der Waals surface area contributed by atoms with Crippen LogP contribution in [0.3, 0.4) is 0 Å². The van der Waals surface area contributed by atoms with Gasteiger partial charge in [-0.15, -0.1) is 0 Å². The van der Waals surface area contributed by atoms with Crippen molar-refractivity contribution in [3.63, 3.8) is 0 Å². The van der Waals surface area contributed by atoms with E-state index < -0.39 is 5.82 Å². The predicted octanol–water partition coefficient (Wildman–Crippen LogP) is 3.21. The second-order valence-electron chi connectivity index (χ2n) is 3.52. The average Bonchev–Trinajstić information content (AvgIpc) is 2.25. The summed E-state index contributed by atoms with van der Waals surface area (Å²) in [6.07, 6.45) is 0.642. The molecule has 0 fully saturated rings. The van der Waals surface area contributed by atoms with Gasteiger partial charge in [-0.25, -0.2) is 4.39 Å². The molecule has 0 aliphatic carbocycles. The first kappa shape index (κ1) is 14.1. The molecule has 0 aliphatic rings. The van der Waals surface area contributed by atoms with E-state index in [1.54, 1.807) is 13.2 Å². The van der Waals surface area contributed by atoms with E-state index in [4.69, 9.17) is 9.47 Å². The molecule has 94 valence electrons. The standard InChI is InChI=1S/C12H14BrFO3/c1-8(15)10-6-9(13)7-11(14)12(10)17-5-3-4-16-2/h6-7H,3-5H2,1-2H3. The van der Waals surface area contributed by atoms with Crippen LogP contribution in [0.4, 0.5) is 4.39 Å². The first-order chi connectivity index (χ1) is 8.06. The van der Waals surface area contributed by atoms with Crippen LogP contribution in [-0.2, 0) is 4.74 Å². The van der Waals surface area contributed by atoms with Crippen LogP contribution in [0.5, 0.6) is 5.75 Å². The molecule has 0 unspecified atom stereocenters. The summed E-state index contributed by atoms with van der Waals surface area (Å²) >= 11 is 3.14. The molecule has 0 aliphatic heterocycles. The zero-order valence-electron chi connectivity index (χ0n) is 9.76. The van der Waals surface area contributed by atoms with E-state index in [-0.39, 0.29) is 17.1 Å². The van der Waals surface area contributed by atoms with Crippen molar-refractivity contribution in [3.05, 3.63) is 28.0 Å². The third-order valence-corrected chi connectivity index (χ3v) is 2.58. The summed E-state index contributed by atoms with van der Waals surface area (Å²) in [6, 6.07) is 2.83. The van der Waals surface area contributed by atoms with Crippen LogP contribution in [0.2, 0.25) is 0 Å². The number of ketones is 1. The third kappa shape index (κ3) is 4.09. The Labute approximate surface area is 108 Å². The van der Waals surface area contributed by atoms with Gasteiger partial charge in [-0.3, -0.25) is 4.79 Å². The summed E-state index contributed by atoms with van der Waals surface area (Å²) in [6.45, 7) is 2.23. The van der Waals surface area contributed by atoms with Crippen molar-refractivity contribution in [3.8, 4) is 5.75 Å². The number of hydrogen-bond donors (Lipinski definition) is 0. The maximum atomic E-state index is 13.6. The van der Waals surface area contributed by atoms with Gasteiger partial charge in [-0.2, -0.15) is 0 Å². The molecule has 0 saturated heterocycles. The monoisotopic (exact) mass is 304 g/mol. The molecular formula is C12H14BrFO3. The number of Topliss-reactive ketones (excluding diaryl/α,β-unsaturated/α-hetero) is 1. The largest absolute Gasteiger partial charge is 0.490 e. The van der Waals surface area contributed by atoms with Gasteiger partial charge in [0.05, 0.1) is 12.2 Å². The van der Waals surface area contributed by atoms with Crippen LogP contribution in [-0.4, -0.2) is 26.1 Å². The van der Waals surface area contributed by atoms with Gasteiger partial charge in [-0.1, -0.05) is 15.9 Å². The number of rotatable bonds is 6. The SMILES string of the molecule is COCCCOc1c(F)cc(Br)cc1C(C)=O. The Morgan fingerprint density at radius 1 is 1.41 bits per heavy atom. The predicted molar refractivity (Wildman–Crippen MR) is 66.1 cm³/mol. The minimum atomic E-state index is -0.540. The first-order valence-corrected chi connectivity index (χ1v) is 5.97. The van der Waals surface area contributed by atoms with Crippen LogP contribution in [0, 0.1) is 5.82 Å². The van der Waals surface area contributed by atoms with Crippen molar-refractivity contribution < 1.29 is 18.7 Å². The van der Waals surface area contributed by atoms with Crippen LogP contribution in [0.25, 0.3) is 0 Å². The highest BCUT2D eigenvalue weighted by Gasteiger charge is 2.15. The van der Waals surface area contributed by atoms with E-state index >= 15 is 0 Å². The Kier molecular flexibility index (Phi) is 5.58. The molecule has 0 heterocycles. The first-order valence-electron chi connectivity index (χ1n) is 5.18. The lowest BCUT2D eigenvalue weighted by atomic mass is 10.1. The van der Waals surface area contributed by atoms with E-state index in [0.717, 1.165) is 0 Å². The highest BCUT2D eigenvalue weighted by atomic mass is 79.9. The highest BCUT2D eigenvalue weighted by Crippen LogP contribution is 2.27. The van der Waals surface area contributed by atoms with E-state index in [0.29, 0.717) is 24.1 Å². The Hall–Kier alpha value is -0.940. The van der Waals surface area contributed by atoms with E-state index in [9.17, 15) is 9.18 Å². The van der Waals surface area contributed by atoms with E-state index in [1.807, 2.05) is 0 Å². The quantitative estimate of drug-likeness (QED) is 0.598. The van der Waals surface area contributed by atoms with Gasteiger partial charge in [0, 0.05) is 24.6 Å². The van der Waals surface area contributed by atoms with Crippen molar-refractivity contribution in [2.45, 2.75) is 13.3 Å². The molecular weight excluding hydrogens is 291 g/mol. The molecule has 0 bridgehead atoms. The Morgan fingerprint density at radius 3 is 2.71 bits per heavy atom. The van der Waals surface area contributed by atoms with Gasteiger partial charge in [-0.05, 0) is 19.1 Å². The normalized spacial score (nSPS) is 10.4. The lowest BCUT2D eigenvalue weighted by molar-refractivity contribution is 0.101. The molecule has 0 radical (unpaired) electrons. The number of ether oxygens (including phenoxy) is 2. The number of halogens is 2. The molecule has 0 amide bonds. The highest BCUT2D eigenvalue weighted by molar-refractivity contribution is 9.10. The van der Waals surface area contributed by atoms with Crippen molar-refractivity contribution in [2.24, 2.45) is 0 Å². The summed E-state index contributed by atoms with van der Waals surface area (Å²) < 4.78 is 24.3. The minimum Gasteiger partial charge on any atom is -0.490 e. The summed E-state index contributed by atoms with van der Waals surface area (Å²) in [5.41, 5.74) is 0.245. The minimum absolute atomic E-state index is 0.0109. The van der Waals surface area contributed by atoms with Gasteiger partial charge in [0.1, 0.15) is 0 Å². The second kappa shape index (κ2) is 6.71. The molecule has 0 aromatic heterocycles. The van der Waals surface area contributed by atoms with Crippen molar-refractivity contribution in [2.75, 3.05) is 20.3 Å². The van der Waals surface area contributed by atoms with Gasteiger partial charge in [0.2, 0.25) is 0 Å². The Morgan fingerprint density at radius 2 is 2.12 bits per heavy atom. The zero-order chi connectivity index (χ0) is 12.8. The molecule has 0 atom stereocenters. The molecule has 0 N–H and O–H groups in total. The molecule has 3 nitrogen and oxygen atoms in total. The van der Waals surface area contributed by atoms with E-state index in [1.165, 1.54) is 13.0 Å². The van der Waals surface area contributed by atoms with Crippen molar-refractivity contribution in [1.29, 1.82) is 0 Å². The van der Waals surface area contributed by atoms with Gasteiger partial charge >= 0.3 is 0 Å². The molecule has 1 rings (SSSR count). The fourth-order valence-corrected chi connectivity index (χ4v) is 1.78.